The quantitative estimate of drug-likeness (QED) is 0.731. The van der Waals surface area contributed by atoms with Gasteiger partial charge in [-0.2, -0.15) is 0 Å². The second-order valence-corrected chi connectivity index (χ2v) is 8.71. The van der Waals surface area contributed by atoms with Crippen LogP contribution in [0.2, 0.25) is 0 Å². The lowest BCUT2D eigenvalue weighted by molar-refractivity contribution is -0.134. The Kier molecular flexibility index (Phi) is 7.05. The van der Waals surface area contributed by atoms with Crippen LogP contribution in [0.4, 0.5) is 0 Å². The van der Waals surface area contributed by atoms with Crippen molar-refractivity contribution in [1.82, 2.24) is 15.5 Å². The number of benzene rings is 1. The number of rotatable bonds is 5. The zero-order chi connectivity index (χ0) is 20.8. The van der Waals surface area contributed by atoms with Crippen LogP contribution in [0.25, 0.3) is 6.08 Å². The number of hydrogen-bond donors (Lipinski definition) is 2. The van der Waals surface area contributed by atoms with Gasteiger partial charge in [0, 0.05) is 19.0 Å². The average molecular weight is 412 g/mol. The molecular formula is C24H33N3O3. The van der Waals surface area contributed by atoms with Gasteiger partial charge in [0.05, 0.1) is 6.04 Å². The van der Waals surface area contributed by atoms with Crippen molar-refractivity contribution in [3.8, 4) is 0 Å². The van der Waals surface area contributed by atoms with Gasteiger partial charge >= 0.3 is 0 Å². The van der Waals surface area contributed by atoms with Crippen molar-refractivity contribution in [1.29, 1.82) is 0 Å². The SMILES string of the molecule is O=C1NC2CC(C(=O)NCCN3CCCCCC3)CCC2O/C1=C/c1ccccc1. The summed E-state index contributed by atoms with van der Waals surface area (Å²) in [5.74, 6) is 0.229. The average Bonchev–Trinajstić information content (AvgIpc) is 3.03. The first-order chi connectivity index (χ1) is 14.7. The standard InChI is InChI=1S/C24H33N3O3/c28-23(25-12-15-27-13-6-1-2-7-14-27)19-10-11-21-20(17-19)26-24(29)22(30-21)16-18-8-4-3-5-9-18/h3-5,8-9,16,19-21H,1-2,6-7,10-15,17H2,(H,25,28)(H,26,29)/b22-16+. The van der Waals surface area contributed by atoms with Gasteiger partial charge in [-0.05, 0) is 56.8 Å². The van der Waals surface area contributed by atoms with Gasteiger partial charge < -0.3 is 20.3 Å². The van der Waals surface area contributed by atoms with Crippen molar-refractivity contribution in [2.75, 3.05) is 26.2 Å². The number of carbonyl (C=O) groups excluding carboxylic acids is 2. The summed E-state index contributed by atoms with van der Waals surface area (Å²) >= 11 is 0. The Morgan fingerprint density at radius 1 is 1.13 bits per heavy atom. The van der Waals surface area contributed by atoms with Crippen LogP contribution in [0.15, 0.2) is 36.1 Å². The van der Waals surface area contributed by atoms with Crippen molar-refractivity contribution in [3.05, 3.63) is 41.7 Å². The molecule has 3 atom stereocenters. The number of ether oxygens (including phenoxy) is 1. The first-order valence-electron chi connectivity index (χ1n) is 11.4. The maximum atomic E-state index is 12.7. The summed E-state index contributed by atoms with van der Waals surface area (Å²) in [7, 11) is 0. The molecule has 2 aliphatic heterocycles. The zero-order valence-corrected chi connectivity index (χ0v) is 17.6. The third kappa shape index (κ3) is 5.42. The van der Waals surface area contributed by atoms with Crippen molar-refractivity contribution >= 4 is 17.9 Å². The van der Waals surface area contributed by atoms with E-state index in [2.05, 4.69) is 15.5 Å². The van der Waals surface area contributed by atoms with E-state index in [1.54, 1.807) is 6.08 Å². The molecule has 2 saturated heterocycles. The molecule has 3 unspecified atom stereocenters. The van der Waals surface area contributed by atoms with Gasteiger partial charge in [0.1, 0.15) is 6.10 Å². The van der Waals surface area contributed by atoms with Crippen LogP contribution in [0.3, 0.4) is 0 Å². The van der Waals surface area contributed by atoms with E-state index >= 15 is 0 Å². The van der Waals surface area contributed by atoms with E-state index in [0.717, 1.165) is 38.0 Å². The van der Waals surface area contributed by atoms with Crippen molar-refractivity contribution < 1.29 is 14.3 Å². The van der Waals surface area contributed by atoms with Crippen molar-refractivity contribution in [2.24, 2.45) is 5.92 Å². The number of morpholine rings is 1. The second-order valence-electron chi connectivity index (χ2n) is 8.71. The fourth-order valence-electron chi connectivity index (χ4n) is 4.77. The smallest absolute Gasteiger partial charge is 0.286 e. The largest absolute Gasteiger partial charge is 0.483 e. The monoisotopic (exact) mass is 411 g/mol. The van der Waals surface area contributed by atoms with Crippen LogP contribution in [-0.2, 0) is 14.3 Å². The van der Waals surface area contributed by atoms with Crippen LogP contribution in [0, 0.1) is 5.92 Å². The lowest BCUT2D eigenvalue weighted by Crippen LogP contribution is -2.55. The molecule has 2 N–H and O–H groups in total. The maximum absolute atomic E-state index is 12.7. The third-order valence-corrected chi connectivity index (χ3v) is 6.50. The van der Waals surface area contributed by atoms with E-state index in [4.69, 9.17) is 4.74 Å². The summed E-state index contributed by atoms with van der Waals surface area (Å²) < 4.78 is 6.02. The number of fused-ring (bicyclic) bond motifs is 1. The summed E-state index contributed by atoms with van der Waals surface area (Å²) in [6, 6.07) is 9.62. The number of amides is 2. The van der Waals surface area contributed by atoms with E-state index in [0.29, 0.717) is 18.7 Å². The highest BCUT2D eigenvalue weighted by molar-refractivity contribution is 5.96. The van der Waals surface area contributed by atoms with Gasteiger partial charge in [0.25, 0.3) is 5.91 Å². The molecule has 0 aromatic heterocycles. The molecule has 6 nitrogen and oxygen atoms in total. The number of nitrogens with zero attached hydrogens (tertiary/aromatic N) is 1. The van der Waals surface area contributed by atoms with E-state index < -0.39 is 0 Å². The van der Waals surface area contributed by atoms with Crippen molar-refractivity contribution in [3.63, 3.8) is 0 Å². The molecule has 1 aromatic carbocycles. The summed E-state index contributed by atoms with van der Waals surface area (Å²) in [4.78, 5) is 27.6. The Morgan fingerprint density at radius 3 is 2.67 bits per heavy atom. The molecule has 162 valence electrons. The highest BCUT2D eigenvalue weighted by Gasteiger charge is 2.40. The Hall–Kier alpha value is -2.34. The Morgan fingerprint density at radius 2 is 1.90 bits per heavy atom. The highest BCUT2D eigenvalue weighted by atomic mass is 16.5. The molecule has 2 heterocycles. The lowest BCUT2D eigenvalue weighted by atomic mass is 9.82. The molecule has 1 saturated carbocycles. The molecule has 3 aliphatic rings. The molecular weight excluding hydrogens is 378 g/mol. The van der Waals surface area contributed by atoms with Gasteiger partial charge in [-0.15, -0.1) is 0 Å². The van der Waals surface area contributed by atoms with Crippen LogP contribution < -0.4 is 10.6 Å². The third-order valence-electron chi connectivity index (χ3n) is 6.50. The molecule has 6 heteroatoms. The molecule has 4 rings (SSSR count). The van der Waals surface area contributed by atoms with Crippen LogP contribution in [0.1, 0.15) is 50.5 Å². The number of hydrogen-bond acceptors (Lipinski definition) is 4. The summed E-state index contributed by atoms with van der Waals surface area (Å²) in [6.07, 6.45) is 9.12. The summed E-state index contributed by atoms with van der Waals surface area (Å²) in [5.41, 5.74) is 0.943. The van der Waals surface area contributed by atoms with Crippen molar-refractivity contribution in [2.45, 2.75) is 57.1 Å². The Labute approximate surface area is 179 Å². The van der Waals surface area contributed by atoms with Crippen LogP contribution in [0.5, 0.6) is 0 Å². The number of likely N-dealkylation sites (tertiary alicyclic amines) is 1. The topological polar surface area (TPSA) is 70.7 Å². The molecule has 30 heavy (non-hydrogen) atoms. The van der Waals surface area contributed by atoms with E-state index in [9.17, 15) is 9.59 Å². The molecule has 1 aromatic rings. The summed E-state index contributed by atoms with van der Waals surface area (Å²) in [5, 5.41) is 6.19. The zero-order valence-electron chi connectivity index (χ0n) is 17.6. The second kappa shape index (κ2) is 10.1. The normalized spacial score (nSPS) is 28.7. The van der Waals surface area contributed by atoms with Gasteiger partial charge in [-0.3, -0.25) is 9.59 Å². The minimum atomic E-state index is -0.192. The number of carbonyl (C=O) groups is 2. The van der Waals surface area contributed by atoms with Gasteiger partial charge in [-0.1, -0.05) is 43.2 Å². The van der Waals surface area contributed by atoms with E-state index in [1.165, 1.54) is 25.7 Å². The maximum Gasteiger partial charge on any atom is 0.286 e. The molecule has 0 spiro atoms. The minimum absolute atomic E-state index is 0.0565. The van der Waals surface area contributed by atoms with E-state index in [-0.39, 0.29) is 29.9 Å². The van der Waals surface area contributed by atoms with Crippen LogP contribution >= 0.6 is 0 Å². The molecule has 1 aliphatic carbocycles. The van der Waals surface area contributed by atoms with Gasteiger partial charge in [-0.25, -0.2) is 0 Å². The summed E-state index contributed by atoms with van der Waals surface area (Å²) in [6.45, 7) is 3.92. The fraction of sp³-hybridized carbons (Fsp3) is 0.583. The highest BCUT2D eigenvalue weighted by Crippen LogP contribution is 2.31. The minimum Gasteiger partial charge on any atom is -0.483 e. The lowest BCUT2D eigenvalue weighted by Gasteiger charge is -2.39. The predicted molar refractivity (Wildman–Crippen MR) is 116 cm³/mol. The van der Waals surface area contributed by atoms with Gasteiger partial charge in [0.15, 0.2) is 5.76 Å². The fourth-order valence-corrected chi connectivity index (χ4v) is 4.77. The van der Waals surface area contributed by atoms with Gasteiger partial charge in [0.2, 0.25) is 5.91 Å². The van der Waals surface area contributed by atoms with Crippen LogP contribution in [-0.4, -0.2) is 55.0 Å². The molecule has 0 radical (unpaired) electrons. The Balaban J connectivity index is 1.25. The first kappa shape index (κ1) is 20.9. The Bertz CT molecular complexity index is 756. The first-order valence-corrected chi connectivity index (χ1v) is 11.4. The number of nitrogens with one attached hydrogen (secondary N) is 2. The molecule has 0 bridgehead atoms. The molecule has 3 fully saturated rings. The molecule has 2 amide bonds. The predicted octanol–water partition coefficient (Wildman–Crippen LogP) is 2.70. The van der Waals surface area contributed by atoms with E-state index in [1.807, 2.05) is 30.3 Å².